The third kappa shape index (κ3) is 2.69. The molecule has 6 unspecified atom stereocenters. The molecule has 1 saturated heterocycles. The maximum absolute atomic E-state index is 6.84. The zero-order chi connectivity index (χ0) is 13.6. The molecule has 0 aromatic rings. The summed E-state index contributed by atoms with van der Waals surface area (Å²) in [4.78, 5) is 0. The summed E-state index contributed by atoms with van der Waals surface area (Å²) in [5.74, 6) is 2.24. The van der Waals surface area contributed by atoms with Gasteiger partial charge in [0.1, 0.15) is 0 Å². The first-order valence-electron chi connectivity index (χ1n) is 8.12. The number of hydrogen-bond donors (Lipinski definition) is 2. The van der Waals surface area contributed by atoms with Crippen molar-refractivity contribution in [2.75, 3.05) is 0 Å². The van der Waals surface area contributed by atoms with Crippen LogP contribution in [-0.2, 0) is 0 Å². The fourth-order valence-corrected chi connectivity index (χ4v) is 5.26. The molecular formula is C16H29ClN2. The summed E-state index contributed by atoms with van der Waals surface area (Å²) in [6, 6.07) is 1.25. The van der Waals surface area contributed by atoms with Crippen LogP contribution in [0.15, 0.2) is 0 Å². The number of hydrazine groups is 1. The van der Waals surface area contributed by atoms with Gasteiger partial charge in [-0.1, -0.05) is 33.6 Å². The van der Waals surface area contributed by atoms with E-state index in [1.807, 2.05) is 0 Å². The average Bonchev–Trinajstić information content (AvgIpc) is 2.37. The Morgan fingerprint density at radius 3 is 2.37 bits per heavy atom. The number of nitrogens with one attached hydrogen (secondary N) is 2. The highest BCUT2D eigenvalue weighted by molar-refractivity contribution is 6.20. The first-order valence-corrected chi connectivity index (χ1v) is 8.55. The van der Waals surface area contributed by atoms with Crippen molar-refractivity contribution >= 4 is 11.6 Å². The van der Waals surface area contributed by atoms with Gasteiger partial charge >= 0.3 is 0 Å². The minimum atomic E-state index is 0.364. The van der Waals surface area contributed by atoms with Crippen molar-refractivity contribution in [3.8, 4) is 0 Å². The van der Waals surface area contributed by atoms with Gasteiger partial charge in [0.15, 0.2) is 0 Å². The second-order valence-corrected chi connectivity index (χ2v) is 8.64. The fraction of sp³-hybridized carbons (Fsp3) is 1.00. The summed E-state index contributed by atoms with van der Waals surface area (Å²) in [7, 11) is 0. The number of rotatable bonds is 0. The van der Waals surface area contributed by atoms with E-state index in [0.29, 0.717) is 28.8 Å². The SMILES string of the molecule is CC(C)(C)C1CC(Cl)C2C(C1)NNC1CCCCC12. The van der Waals surface area contributed by atoms with E-state index < -0.39 is 0 Å². The Labute approximate surface area is 123 Å². The first kappa shape index (κ1) is 14.2. The molecule has 0 bridgehead atoms. The molecule has 2 N–H and O–H groups in total. The van der Waals surface area contributed by atoms with Crippen LogP contribution in [0.2, 0.25) is 0 Å². The van der Waals surface area contributed by atoms with Gasteiger partial charge in [0.25, 0.3) is 0 Å². The van der Waals surface area contributed by atoms with E-state index in [4.69, 9.17) is 11.6 Å². The Hall–Kier alpha value is 0.210. The largest absolute Gasteiger partial charge is 0.254 e. The van der Waals surface area contributed by atoms with Crippen molar-refractivity contribution in [3.05, 3.63) is 0 Å². The van der Waals surface area contributed by atoms with Gasteiger partial charge in [0.05, 0.1) is 0 Å². The summed E-state index contributed by atoms with van der Waals surface area (Å²) >= 11 is 6.84. The van der Waals surface area contributed by atoms with Crippen LogP contribution < -0.4 is 10.9 Å². The Morgan fingerprint density at radius 1 is 0.947 bits per heavy atom. The van der Waals surface area contributed by atoms with Crippen LogP contribution in [-0.4, -0.2) is 17.5 Å². The van der Waals surface area contributed by atoms with Crippen molar-refractivity contribution in [3.63, 3.8) is 0 Å². The molecule has 6 atom stereocenters. The Kier molecular flexibility index (Phi) is 3.87. The molecule has 0 spiro atoms. The summed E-state index contributed by atoms with van der Waals surface area (Å²) < 4.78 is 0. The number of fused-ring (bicyclic) bond motifs is 3. The fourth-order valence-electron chi connectivity index (χ4n) is 4.68. The van der Waals surface area contributed by atoms with Crippen LogP contribution in [0.4, 0.5) is 0 Å². The highest BCUT2D eigenvalue weighted by Gasteiger charge is 2.48. The standard InChI is InChI=1S/C16H29ClN2/c1-16(2,3)10-8-12(17)15-11-6-4-5-7-13(11)18-19-14(15)9-10/h10-15,18-19H,4-9H2,1-3H3. The quantitative estimate of drug-likeness (QED) is 0.663. The van der Waals surface area contributed by atoms with Crippen LogP contribution in [0, 0.1) is 23.2 Å². The van der Waals surface area contributed by atoms with Gasteiger partial charge in [0, 0.05) is 17.5 Å². The van der Waals surface area contributed by atoms with Crippen LogP contribution in [0.5, 0.6) is 0 Å². The molecule has 3 fully saturated rings. The summed E-state index contributed by atoms with van der Waals surface area (Å²) in [6.45, 7) is 7.09. The number of halogens is 1. The molecule has 0 radical (unpaired) electrons. The molecule has 0 amide bonds. The van der Waals surface area contributed by atoms with Gasteiger partial charge in [-0.25, -0.2) is 0 Å². The van der Waals surface area contributed by atoms with Crippen molar-refractivity contribution in [1.29, 1.82) is 0 Å². The molecule has 1 heterocycles. The third-order valence-corrected chi connectivity index (χ3v) is 6.39. The highest BCUT2D eigenvalue weighted by atomic mass is 35.5. The van der Waals surface area contributed by atoms with Gasteiger partial charge in [-0.3, -0.25) is 10.9 Å². The zero-order valence-corrected chi connectivity index (χ0v) is 13.3. The lowest BCUT2D eigenvalue weighted by atomic mass is 9.61. The van der Waals surface area contributed by atoms with Crippen molar-refractivity contribution < 1.29 is 0 Å². The molecular weight excluding hydrogens is 256 g/mol. The molecule has 2 saturated carbocycles. The summed E-state index contributed by atoms with van der Waals surface area (Å²) in [5.41, 5.74) is 7.60. The predicted octanol–water partition coefficient (Wildman–Crippen LogP) is 3.70. The summed E-state index contributed by atoms with van der Waals surface area (Å²) in [5, 5.41) is 0.364. The minimum Gasteiger partial charge on any atom is -0.254 e. The van der Waals surface area contributed by atoms with Gasteiger partial charge < -0.3 is 0 Å². The van der Waals surface area contributed by atoms with E-state index in [1.165, 1.54) is 38.5 Å². The molecule has 19 heavy (non-hydrogen) atoms. The molecule has 3 rings (SSSR count). The second kappa shape index (κ2) is 5.20. The molecule has 1 aliphatic heterocycles. The third-order valence-electron chi connectivity index (χ3n) is 5.92. The van der Waals surface area contributed by atoms with E-state index in [9.17, 15) is 0 Å². The first-order chi connectivity index (χ1) is 8.97. The van der Waals surface area contributed by atoms with Crippen LogP contribution >= 0.6 is 11.6 Å². The molecule has 0 aromatic carbocycles. The lowest BCUT2D eigenvalue weighted by molar-refractivity contribution is 0.0168. The zero-order valence-electron chi connectivity index (χ0n) is 12.6. The molecule has 110 valence electrons. The topological polar surface area (TPSA) is 24.1 Å². The minimum absolute atomic E-state index is 0.364. The maximum atomic E-state index is 6.84. The van der Waals surface area contributed by atoms with E-state index >= 15 is 0 Å². The van der Waals surface area contributed by atoms with E-state index in [1.54, 1.807) is 0 Å². The van der Waals surface area contributed by atoms with E-state index in [-0.39, 0.29) is 0 Å². The lowest BCUT2D eigenvalue weighted by Gasteiger charge is -2.53. The van der Waals surface area contributed by atoms with E-state index in [0.717, 1.165) is 11.8 Å². The average molecular weight is 285 g/mol. The van der Waals surface area contributed by atoms with Crippen LogP contribution in [0.25, 0.3) is 0 Å². The molecule has 0 aromatic heterocycles. The molecule has 3 heteroatoms. The smallest absolute Gasteiger partial charge is 0.0385 e. The summed E-state index contributed by atoms with van der Waals surface area (Å²) in [6.07, 6.45) is 7.98. The van der Waals surface area contributed by atoms with Crippen molar-refractivity contribution in [2.45, 2.75) is 76.8 Å². The predicted molar refractivity (Wildman–Crippen MR) is 81.1 cm³/mol. The van der Waals surface area contributed by atoms with Crippen molar-refractivity contribution in [2.24, 2.45) is 23.2 Å². The molecule has 2 nitrogen and oxygen atoms in total. The Bertz CT molecular complexity index is 325. The van der Waals surface area contributed by atoms with Gasteiger partial charge in [-0.2, -0.15) is 0 Å². The van der Waals surface area contributed by atoms with Crippen molar-refractivity contribution in [1.82, 2.24) is 10.9 Å². The highest BCUT2D eigenvalue weighted by Crippen LogP contribution is 2.48. The van der Waals surface area contributed by atoms with E-state index in [2.05, 4.69) is 31.6 Å². The normalized spacial score (nSPS) is 47.4. The van der Waals surface area contributed by atoms with Gasteiger partial charge in [-0.05, 0) is 48.9 Å². The monoisotopic (exact) mass is 284 g/mol. The lowest BCUT2D eigenvalue weighted by Crippen LogP contribution is -2.65. The maximum Gasteiger partial charge on any atom is 0.0385 e. The van der Waals surface area contributed by atoms with Gasteiger partial charge in [-0.15, -0.1) is 11.6 Å². The molecule has 3 aliphatic rings. The van der Waals surface area contributed by atoms with Crippen LogP contribution in [0.3, 0.4) is 0 Å². The second-order valence-electron chi connectivity index (χ2n) is 8.08. The van der Waals surface area contributed by atoms with Gasteiger partial charge in [0.2, 0.25) is 0 Å². The Morgan fingerprint density at radius 2 is 1.63 bits per heavy atom. The van der Waals surface area contributed by atoms with Crippen LogP contribution in [0.1, 0.15) is 59.3 Å². The molecule has 2 aliphatic carbocycles. The number of hydrogen-bond acceptors (Lipinski definition) is 2. The Balaban J connectivity index is 1.75. The number of alkyl halides is 1.